The Kier molecular flexibility index (Phi) is 2.83. The second-order valence-corrected chi connectivity index (χ2v) is 5.20. The highest BCUT2D eigenvalue weighted by Crippen LogP contribution is 2.48. The number of hydrogen-bond acceptors (Lipinski definition) is 1. The molecule has 0 aliphatic heterocycles. The molecule has 1 aromatic rings. The maximum absolute atomic E-state index is 5.79. The molecule has 0 saturated heterocycles. The zero-order chi connectivity index (χ0) is 10.9. The Morgan fingerprint density at radius 1 is 1.13 bits per heavy atom. The predicted molar refractivity (Wildman–Crippen MR) is 65.0 cm³/mol. The molecule has 1 fully saturated rings. The van der Waals surface area contributed by atoms with E-state index in [-0.39, 0.29) is 0 Å². The third kappa shape index (κ3) is 2.60. The summed E-state index contributed by atoms with van der Waals surface area (Å²) in [4.78, 5) is 0. The van der Waals surface area contributed by atoms with Gasteiger partial charge in [-0.05, 0) is 57.1 Å². The summed E-state index contributed by atoms with van der Waals surface area (Å²) in [5, 5.41) is 0. The summed E-state index contributed by atoms with van der Waals surface area (Å²) in [6, 6.07) is 6.85. The molecular weight excluding hydrogens is 182 g/mol. The Hall–Kier alpha value is -0.820. The molecule has 82 valence electrons. The van der Waals surface area contributed by atoms with E-state index >= 15 is 0 Å². The molecule has 2 rings (SSSR count). The minimum absolute atomic E-state index is 0.512. The SMILES string of the molecule is Cc1cc(C)cc(CCC2(CN)CC2)c1. The fraction of sp³-hybridized carbons (Fsp3) is 0.571. The summed E-state index contributed by atoms with van der Waals surface area (Å²) < 4.78 is 0. The van der Waals surface area contributed by atoms with E-state index in [1.165, 1.54) is 42.4 Å². The number of aryl methyl sites for hydroxylation is 3. The van der Waals surface area contributed by atoms with E-state index in [9.17, 15) is 0 Å². The standard InChI is InChI=1S/C14H21N/c1-11-7-12(2)9-13(8-11)3-4-14(10-15)5-6-14/h7-9H,3-6,10,15H2,1-2H3. The fourth-order valence-corrected chi connectivity index (χ4v) is 2.36. The van der Waals surface area contributed by atoms with Gasteiger partial charge in [-0.15, -0.1) is 0 Å². The van der Waals surface area contributed by atoms with E-state index in [4.69, 9.17) is 5.73 Å². The molecule has 0 aromatic heterocycles. The summed E-state index contributed by atoms with van der Waals surface area (Å²) in [5.41, 5.74) is 10.5. The molecule has 0 radical (unpaired) electrons. The van der Waals surface area contributed by atoms with E-state index in [0.29, 0.717) is 5.41 Å². The van der Waals surface area contributed by atoms with E-state index in [0.717, 1.165) is 6.54 Å². The lowest BCUT2D eigenvalue weighted by atomic mass is 9.95. The van der Waals surface area contributed by atoms with Crippen molar-refractivity contribution in [2.24, 2.45) is 11.1 Å². The first-order chi connectivity index (χ1) is 7.13. The van der Waals surface area contributed by atoms with Gasteiger partial charge in [0.2, 0.25) is 0 Å². The summed E-state index contributed by atoms with van der Waals surface area (Å²) in [6.07, 6.45) is 5.15. The highest BCUT2D eigenvalue weighted by atomic mass is 14.6. The van der Waals surface area contributed by atoms with Crippen LogP contribution in [0.2, 0.25) is 0 Å². The van der Waals surface area contributed by atoms with Crippen LogP contribution in [0, 0.1) is 19.3 Å². The molecule has 1 aliphatic rings. The maximum atomic E-state index is 5.79. The van der Waals surface area contributed by atoms with E-state index in [1.54, 1.807) is 0 Å². The van der Waals surface area contributed by atoms with Gasteiger partial charge in [0.25, 0.3) is 0 Å². The molecule has 0 bridgehead atoms. The molecule has 0 heterocycles. The van der Waals surface area contributed by atoms with Crippen molar-refractivity contribution in [1.29, 1.82) is 0 Å². The van der Waals surface area contributed by atoms with Crippen LogP contribution in [0.25, 0.3) is 0 Å². The molecular formula is C14H21N. The molecule has 0 atom stereocenters. The fourth-order valence-electron chi connectivity index (χ4n) is 2.36. The zero-order valence-corrected chi connectivity index (χ0v) is 9.84. The lowest BCUT2D eigenvalue weighted by Gasteiger charge is -2.12. The predicted octanol–water partition coefficient (Wildman–Crippen LogP) is 2.97. The van der Waals surface area contributed by atoms with Gasteiger partial charge in [0.1, 0.15) is 0 Å². The monoisotopic (exact) mass is 203 g/mol. The third-order valence-electron chi connectivity index (χ3n) is 3.62. The van der Waals surface area contributed by atoms with Gasteiger partial charge >= 0.3 is 0 Å². The van der Waals surface area contributed by atoms with Crippen molar-refractivity contribution in [3.63, 3.8) is 0 Å². The van der Waals surface area contributed by atoms with Crippen molar-refractivity contribution < 1.29 is 0 Å². The molecule has 1 aromatic carbocycles. The first kappa shape index (κ1) is 10.7. The topological polar surface area (TPSA) is 26.0 Å². The van der Waals surface area contributed by atoms with E-state index in [2.05, 4.69) is 32.0 Å². The van der Waals surface area contributed by atoms with E-state index < -0.39 is 0 Å². The van der Waals surface area contributed by atoms with Crippen molar-refractivity contribution in [2.75, 3.05) is 6.54 Å². The average molecular weight is 203 g/mol. The average Bonchev–Trinajstić information content (AvgIpc) is 2.94. The molecule has 2 N–H and O–H groups in total. The molecule has 1 nitrogen and oxygen atoms in total. The Morgan fingerprint density at radius 3 is 2.20 bits per heavy atom. The summed E-state index contributed by atoms with van der Waals surface area (Å²) in [5.74, 6) is 0. The van der Waals surface area contributed by atoms with Crippen molar-refractivity contribution in [2.45, 2.75) is 39.5 Å². The highest BCUT2D eigenvalue weighted by Gasteiger charge is 2.40. The largest absolute Gasteiger partial charge is 0.330 e. The summed E-state index contributed by atoms with van der Waals surface area (Å²) in [6.45, 7) is 5.22. The Balaban J connectivity index is 1.99. The van der Waals surface area contributed by atoms with Gasteiger partial charge in [-0.1, -0.05) is 29.3 Å². The van der Waals surface area contributed by atoms with Gasteiger partial charge in [-0.3, -0.25) is 0 Å². The number of rotatable bonds is 4. The molecule has 0 amide bonds. The number of benzene rings is 1. The number of hydrogen-bond donors (Lipinski definition) is 1. The third-order valence-corrected chi connectivity index (χ3v) is 3.62. The van der Waals surface area contributed by atoms with Crippen molar-refractivity contribution >= 4 is 0 Å². The first-order valence-corrected chi connectivity index (χ1v) is 5.91. The van der Waals surface area contributed by atoms with Crippen LogP contribution in [0.3, 0.4) is 0 Å². The van der Waals surface area contributed by atoms with Crippen LogP contribution in [-0.4, -0.2) is 6.54 Å². The zero-order valence-electron chi connectivity index (χ0n) is 9.84. The summed E-state index contributed by atoms with van der Waals surface area (Å²) in [7, 11) is 0. The molecule has 0 spiro atoms. The van der Waals surface area contributed by atoms with Crippen molar-refractivity contribution in [3.05, 3.63) is 34.9 Å². The van der Waals surface area contributed by atoms with Crippen molar-refractivity contribution in [3.8, 4) is 0 Å². The van der Waals surface area contributed by atoms with E-state index in [1.807, 2.05) is 0 Å². The minimum atomic E-state index is 0.512. The highest BCUT2D eigenvalue weighted by molar-refractivity contribution is 5.28. The second kappa shape index (κ2) is 3.97. The molecule has 0 unspecified atom stereocenters. The smallest absolute Gasteiger partial charge is 0.00204 e. The Morgan fingerprint density at radius 2 is 1.73 bits per heavy atom. The molecule has 1 aliphatic carbocycles. The van der Waals surface area contributed by atoms with Gasteiger partial charge in [-0.2, -0.15) is 0 Å². The first-order valence-electron chi connectivity index (χ1n) is 5.91. The quantitative estimate of drug-likeness (QED) is 0.800. The van der Waals surface area contributed by atoms with Gasteiger partial charge in [0, 0.05) is 0 Å². The van der Waals surface area contributed by atoms with Crippen LogP contribution in [-0.2, 0) is 6.42 Å². The molecule has 1 heteroatoms. The Bertz CT molecular complexity index is 330. The van der Waals surface area contributed by atoms with Gasteiger partial charge in [0.05, 0.1) is 0 Å². The normalized spacial score (nSPS) is 17.8. The van der Waals surface area contributed by atoms with Crippen LogP contribution < -0.4 is 5.73 Å². The number of nitrogens with two attached hydrogens (primary N) is 1. The van der Waals surface area contributed by atoms with Crippen LogP contribution in [0.15, 0.2) is 18.2 Å². The second-order valence-electron chi connectivity index (χ2n) is 5.20. The van der Waals surface area contributed by atoms with Crippen LogP contribution in [0.5, 0.6) is 0 Å². The maximum Gasteiger partial charge on any atom is -0.00204 e. The molecule has 15 heavy (non-hydrogen) atoms. The van der Waals surface area contributed by atoms with Crippen LogP contribution in [0.4, 0.5) is 0 Å². The van der Waals surface area contributed by atoms with Crippen LogP contribution >= 0.6 is 0 Å². The van der Waals surface area contributed by atoms with Gasteiger partial charge < -0.3 is 5.73 Å². The Labute approximate surface area is 92.7 Å². The van der Waals surface area contributed by atoms with Crippen LogP contribution in [0.1, 0.15) is 36.0 Å². The van der Waals surface area contributed by atoms with Gasteiger partial charge in [-0.25, -0.2) is 0 Å². The lowest BCUT2D eigenvalue weighted by molar-refractivity contribution is 0.478. The minimum Gasteiger partial charge on any atom is -0.330 e. The van der Waals surface area contributed by atoms with Crippen molar-refractivity contribution in [1.82, 2.24) is 0 Å². The molecule has 1 saturated carbocycles. The lowest BCUT2D eigenvalue weighted by Crippen LogP contribution is -2.16. The van der Waals surface area contributed by atoms with Gasteiger partial charge in [0.15, 0.2) is 0 Å². The summed E-state index contributed by atoms with van der Waals surface area (Å²) >= 11 is 0.